The van der Waals surface area contributed by atoms with Crippen molar-refractivity contribution in [2.45, 2.75) is 71.9 Å². The van der Waals surface area contributed by atoms with Crippen LogP contribution >= 0.6 is 0 Å². The molecule has 1 rings (SSSR count). The van der Waals surface area contributed by atoms with E-state index in [1.807, 2.05) is 0 Å². The maximum Gasteiger partial charge on any atom is 0.0110 e. The third-order valence-corrected chi connectivity index (χ3v) is 4.47. The van der Waals surface area contributed by atoms with Gasteiger partial charge in [0, 0.05) is 25.2 Å². The fourth-order valence-electron chi connectivity index (χ4n) is 2.82. The smallest absolute Gasteiger partial charge is 0.0110 e. The highest BCUT2D eigenvalue weighted by Crippen LogP contribution is 2.23. The number of rotatable bonds is 7. The lowest BCUT2D eigenvalue weighted by molar-refractivity contribution is 0.207. The van der Waals surface area contributed by atoms with Crippen molar-refractivity contribution < 1.29 is 0 Å². The van der Waals surface area contributed by atoms with Crippen LogP contribution in [0.25, 0.3) is 0 Å². The lowest BCUT2D eigenvalue weighted by Gasteiger charge is -2.30. The molecule has 17 heavy (non-hydrogen) atoms. The Morgan fingerprint density at radius 1 is 1.18 bits per heavy atom. The van der Waals surface area contributed by atoms with Crippen LogP contribution in [0.3, 0.4) is 0 Å². The average Bonchev–Trinajstić information content (AvgIpc) is 2.36. The van der Waals surface area contributed by atoms with Gasteiger partial charge in [-0.25, -0.2) is 0 Å². The van der Waals surface area contributed by atoms with Crippen molar-refractivity contribution in [2.75, 3.05) is 19.6 Å². The van der Waals surface area contributed by atoms with Gasteiger partial charge in [0.05, 0.1) is 0 Å². The normalized spacial score (nSPS) is 27.4. The highest BCUT2D eigenvalue weighted by Gasteiger charge is 2.17. The summed E-state index contributed by atoms with van der Waals surface area (Å²) in [6, 6.07) is 1.52. The van der Waals surface area contributed by atoms with E-state index in [0.717, 1.165) is 24.5 Å². The molecule has 1 aliphatic rings. The molecule has 0 aromatic heterocycles. The minimum atomic E-state index is 0.730. The molecule has 0 heterocycles. The molecular weight excluding hydrogens is 208 g/mol. The van der Waals surface area contributed by atoms with Crippen LogP contribution in [0, 0.1) is 5.92 Å². The molecule has 1 aliphatic carbocycles. The van der Waals surface area contributed by atoms with Crippen molar-refractivity contribution in [3.05, 3.63) is 0 Å². The fourth-order valence-corrected chi connectivity index (χ4v) is 2.82. The van der Waals surface area contributed by atoms with E-state index < -0.39 is 0 Å². The van der Waals surface area contributed by atoms with Gasteiger partial charge in [-0.3, -0.25) is 4.90 Å². The van der Waals surface area contributed by atoms with Gasteiger partial charge >= 0.3 is 0 Å². The molecule has 2 nitrogen and oxygen atoms in total. The maximum atomic E-state index is 3.74. The number of nitrogens with one attached hydrogen (secondary N) is 1. The highest BCUT2D eigenvalue weighted by atomic mass is 15.2. The largest absolute Gasteiger partial charge is 0.313 e. The van der Waals surface area contributed by atoms with Crippen molar-refractivity contribution >= 4 is 0 Å². The molecule has 0 bridgehead atoms. The van der Waals surface area contributed by atoms with Gasteiger partial charge in [-0.2, -0.15) is 0 Å². The predicted octanol–water partition coefficient (Wildman–Crippen LogP) is 3.28. The average molecular weight is 240 g/mol. The molecule has 0 aliphatic heterocycles. The number of hydrogen-bond donors (Lipinski definition) is 1. The summed E-state index contributed by atoms with van der Waals surface area (Å²) >= 11 is 0. The Morgan fingerprint density at radius 3 is 2.35 bits per heavy atom. The molecule has 1 unspecified atom stereocenters. The lowest BCUT2D eigenvalue weighted by atomic mass is 9.87. The van der Waals surface area contributed by atoms with Crippen LogP contribution in [0.2, 0.25) is 0 Å². The van der Waals surface area contributed by atoms with Crippen molar-refractivity contribution in [3.8, 4) is 0 Å². The molecule has 1 atom stereocenters. The standard InChI is InChI=1S/C15H32N2/c1-5-14(4)17(6-2)12-11-16-15-9-7-13(3)8-10-15/h13-16H,5-12H2,1-4H3. The first kappa shape index (κ1) is 15.0. The zero-order chi connectivity index (χ0) is 12.7. The zero-order valence-electron chi connectivity index (χ0n) is 12.3. The second-order valence-corrected chi connectivity index (χ2v) is 5.80. The van der Waals surface area contributed by atoms with Crippen LogP contribution in [0.4, 0.5) is 0 Å². The zero-order valence-corrected chi connectivity index (χ0v) is 12.3. The van der Waals surface area contributed by atoms with Crippen LogP contribution in [0.15, 0.2) is 0 Å². The van der Waals surface area contributed by atoms with Gasteiger partial charge in [0.25, 0.3) is 0 Å². The Bertz CT molecular complexity index is 185. The van der Waals surface area contributed by atoms with Crippen molar-refractivity contribution in [1.82, 2.24) is 10.2 Å². The topological polar surface area (TPSA) is 15.3 Å². The summed E-state index contributed by atoms with van der Waals surface area (Å²) in [5, 5.41) is 3.74. The minimum absolute atomic E-state index is 0.730. The van der Waals surface area contributed by atoms with Crippen LogP contribution in [0.5, 0.6) is 0 Å². The SMILES string of the molecule is CCC(C)N(CC)CCNC1CCC(C)CC1. The van der Waals surface area contributed by atoms with E-state index in [9.17, 15) is 0 Å². The van der Waals surface area contributed by atoms with Crippen LogP contribution in [-0.4, -0.2) is 36.6 Å². The monoisotopic (exact) mass is 240 g/mol. The lowest BCUT2D eigenvalue weighted by Crippen LogP contribution is -2.41. The summed E-state index contributed by atoms with van der Waals surface area (Å²) in [5.74, 6) is 0.959. The summed E-state index contributed by atoms with van der Waals surface area (Å²) in [7, 11) is 0. The number of nitrogens with zero attached hydrogens (tertiary/aromatic N) is 1. The maximum absolute atomic E-state index is 3.74. The third-order valence-electron chi connectivity index (χ3n) is 4.47. The van der Waals surface area contributed by atoms with Gasteiger partial charge in [-0.15, -0.1) is 0 Å². The molecule has 0 amide bonds. The van der Waals surface area contributed by atoms with E-state index in [4.69, 9.17) is 0 Å². The highest BCUT2D eigenvalue weighted by molar-refractivity contribution is 4.76. The van der Waals surface area contributed by atoms with Crippen LogP contribution in [-0.2, 0) is 0 Å². The van der Waals surface area contributed by atoms with Crippen molar-refractivity contribution in [2.24, 2.45) is 5.92 Å². The minimum Gasteiger partial charge on any atom is -0.313 e. The number of hydrogen-bond acceptors (Lipinski definition) is 2. The quantitative estimate of drug-likeness (QED) is 0.735. The summed E-state index contributed by atoms with van der Waals surface area (Å²) in [6.45, 7) is 12.8. The van der Waals surface area contributed by atoms with E-state index in [0.29, 0.717) is 0 Å². The Morgan fingerprint density at radius 2 is 1.82 bits per heavy atom. The molecule has 0 saturated heterocycles. The fraction of sp³-hybridized carbons (Fsp3) is 1.00. The van der Waals surface area contributed by atoms with Gasteiger partial charge in [-0.1, -0.05) is 20.8 Å². The first-order valence-corrected chi connectivity index (χ1v) is 7.64. The van der Waals surface area contributed by atoms with E-state index in [2.05, 4.69) is 37.9 Å². The third kappa shape index (κ3) is 5.39. The van der Waals surface area contributed by atoms with Gasteiger partial charge in [0.1, 0.15) is 0 Å². The van der Waals surface area contributed by atoms with E-state index >= 15 is 0 Å². The summed E-state index contributed by atoms with van der Waals surface area (Å²) in [4.78, 5) is 2.58. The van der Waals surface area contributed by atoms with Gasteiger partial charge < -0.3 is 5.32 Å². The molecule has 0 aromatic rings. The van der Waals surface area contributed by atoms with E-state index in [1.54, 1.807) is 0 Å². The Balaban J connectivity index is 2.13. The van der Waals surface area contributed by atoms with Gasteiger partial charge in [0.2, 0.25) is 0 Å². The van der Waals surface area contributed by atoms with Crippen LogP contribution < -0.4 is 5.32 Å². The Hall–Kier alpha value is -0.0800. The second-order valence-electron chi connectivity index (χ2n) is 5.80. The second kappa shape index (κ2) is 8.10. The number of likely N-dealkylation sites (N-methyl/N-ethyl adjacent to an activating group) is 1. The molecule has 102 valence electrons. The predicted molar refractivity (Wildman–Crippen MR) is 76.4 cm³/mol. The molecule has 0 spiro atoms. The molecule has 0 aromatic carbocycles. The summed E-state index contributed by atoms with van der Waals surface area (Å²) in [5.41, 5.74) is 0. The van der Waals surface area contributed by atoms with E-state index in [-0.39, 0.29) is 0 Å². The van der Waals surface area contributed by atoms with Crippen molar-refractivity contribution in [1.29, 1.82) is 0 Å². The van der Waals surface area contributed by atoms with E-state index in [1.165, 1.54) is 45.2 Å². The Kier molecular flexibility index (Phi) is 7.14. The van der Waals surface area contributed by atoms with Gasteiger partial charge in [-0.05, 0) is 51.5 Å². The Labute approximate surface area is 108 Å². The molecule has 2 heteroatoms. The van der Waals surface area contributed by atoms with Gasteiger partial charge in [0.15, 0.2) is 0 Å². The first-order chi connectivity index (χ1) is 8.17. The molecule has 1 saturated carbocycles. The van der Waals surface area contributed by atoms with Crippen molar-refractivity contribution in [3.63, 3.8) is 0 Å². The summed E-state index contributed by atoms with van der Waals surface area (Å²) < 4.78 is 0. The van der Waals surface area contributed by atoms with Crippen LogP contribution in [0.1, 0.15) is 59.8 Å². The summed E-state index contributed by atoms with van der Waals surface area (Å²) in [6.07, 6.45) is 6.86. The molecule has 0 radical (unpaired) electrons. The molecule has 1 N–H and O–H groups in total. The molecule has 1 fully saturated rings. The first-order valence-electron chi connectivity index (χ1n) is 7.64. The molecular formula is C15H32N2.